The molecule has 1 saturated heterocycles. The van der Waals surface area contributed by atoms with Crippen LogP contribution in [0.3, 0.4) is 0 Å². The maximum atomic E-state index is 13.0. The predicted molar refractivity (Wildman–Crippen MR) is 106 cm³/mol. The number of sulfonamides is 1. The number of aromatic nitrogens is 2. The van der Waals surface area contributed by atoms with Crippen molar-refractivity contribution in [2.24, 2.45) is 30.7 Å². The normalized spacial score (nSPS) is 31.8. The molecule has 4 rings (SSSR count). The Hall–Kier alpha value is -1.41. The molecule has 0 radical (unpaired) electrons. The van der Waals surface area contributed by atoms with Gasteiger partial charge in [-0.3, -0.25) is 9.48 Å². The van der Waals surface area contributed by atoms with E-state index in [1.165, 1.54) is 36.2 Å². The van der Waals surface area contributed by atoms with Gasteiger partial charge in [-0.2, -0.15) is 9.40 Å². The fraction of sp³-hybridized carbons (Fsp3) is 0.800. The number of aryl methyl sites for hydroxylation is 1. The first-order valence-electron chi connectivity index (χ1n) is 10.6. The van der Waals surface area contributed by atoms with Crippen LogP contribution in [0.2, 0.25) is 0 Å². The van der Waals surface area contributed by atoms with Crippen LogP contribution in [0.25, 0.3) is 0 Å². The van der Waals surface area contributed by atoms with Crippen LogP contribution in [-0.4, -0.2) is 47.5 Å². The Bertz CT molecular complexity index is 850. The minimum Gasteiger partial charge on any atom is -0.353 e. The monoisotopic (exact) mass is 408 g/mol. The van der Waals surface area contributed by atoms with Crippen molar-refractivity contribution in [3.05, 3.63) is 11.9 Å². The van der Waals surface area contributed by atoms with Gasteiger partial charge in [0.2, 0.25) is 15.9 Å². The van der Waals surface area contributed by atoms with Gasteiger partial charge in [-0.05, 0) is 63.7 Å². The zero-order valence-corrected chi connectivity index (χ0v) is 17.9. The van der Waals surface area contributed by atoms with Crippen molar-refractivity contribution in [2.75, 3.05) is 13.1 Å². The summed E-state index contributed by atoms with van der Waals surface area (Å²) in [5.41, 5.74) is 0.622. The molecule has 1 N–H and O–H groups in total. The lowest BCUT2D eigenvalue weighted by atomic mass is 9.83. The number of hydrogen-bond donors (Lipinski definition) is 1. The van der Waals surface area contributed by atoms with E-state index < -0.39 is 10.0 Å². The Labute approximate surface area is 167 Å². The van der Waals surface area contributed by atoms with Gasteiger partial charge in [0.1, 0.15) is 4.90 Å². The lowest BCUT2D eigenvalue weighted by Crippen LogP contribution is -2.48. The minimum absolute atomic E-state index is 0.0121. The molecule has 3 aliphatic rings. The van der Waals surface area contributed by atoms with E-state index in [4.69, 9.17) is 0 Å². The molecule has 0 aromatic carbocycles. The molecule has 2 bridgehead atoms. The molecule has 0 unspecified atom stereocenters. The fourth-order valence-electron chi connectivity index (χ4n) is 5.60. The van der Waals surface area contributed by atoms with Gasteiger partial charge in [-0.1, -0.05) is 6.42 Å². The first-order chi connectivity index (χ1) is 13.3. The Morgan fingerprint density at radius 1 is 1.29 bits per heavy atom. The number of carbonyl (C=O) groups excluding carboxylic acids is 1. The molecule has 2 saturated carbocycles. The number of fused-ring (bicyclic) bond motifs is 2. The molecule has 156 valence electrons. The van der Waals surface area contributed by atoms with Crippen LogP contribution in [-0.2, 0) is 21.9 Å². The maximum absolute atomic E-state index is 13.0. The number of hydrogen-bond acceptors (Lipinski definition) is 4. The van der Waals surface area contributed by atoms with Gasteiger partial charge in [0.15, 0.2) is 0 Å². The van der Waals surface area contributed by atoms with Crippen LogP contribution in [0.15, 0.2) is 11.1 Å². The molecule has 3 fully saturated rings. The lowest BCUT2D eigenvalue weighted by molar-refractivity contribution is -0.127. The van der Waals surface area contributed by atoms with E-state index in [1.807, 2.05) is 0 Å². The van der Waals surface area contributed by atoms with Crippen LogP contribution in [0.1, 0.15) is 51.1 Å². The first kappa shape index (κ1) is 19.9. The van der Waals surface area contributed by atoms with Crippen LogP contribution in [0.5, 0.6) is 0 Å². The van der Waals surface area contributed by atoms with Gasteiger partial charge in [0, 0.05) is 26.2 Å². The van der Waals surface area contributed by atoms with E-state index in [-0.39, 0.29) is 29.3 Å². The average molecular weight is 409 g/mol. The molecular formula is C20H32N4O3S. The molecule has 1 aromatic rings. The molecule has 0 spiro atoms. The summed E-state index contributed by atoms with van der Waals surface area (Å²) in [6.45, 7) is 4.60. The van der Waals surface area contributed by atoms with Gasteiger partial charge in [-0.25, -0.2) is 8.42 Å². The summed E-state index contributed by atoms with van der Waals surface area (Å²) >= 11 is 0. The average Bonchev–Trinajstić information content (AvgIpc) is 3.39. The standard InChI is InChI=1S/C20H32N4O3S/c1-13(18-10-15-6-7-16(18)9-15)22-20(25)17-5-4-8-24(12-17)28(26,27)19-11-21-23(3)14(19)2/h11,13,15-18H,4-10,12H2,1-3H3,(H,22,25)/t13-,15-,16-,17-,18+/m0/s1. The third kappa shape index (κ3) is 3.49. The Balaban J connectivity index is 1.40. The molecule has 2 aliphatic carbocycles. The van der Waals surface area contributed by atoms with Crippen molar-refractivity contribution in [2.45, 2.75) is 63.3 Å². The summed E-state index contributed by atoms with van der Waals surface area (Å²) in [5.74, 6) is 1.94. The van der Waals surface area contributed by atoms with Gasteiger partial charge >= 0.3 is 0 Å². The third-order valence-corrected chi connectivity index (χ3v) is 9.34. The number of amides is 1. The second-order valence-corrected chi connectivity index (χ2v) is 11.0. The fourth-order valence-corrected chi connectivity index (χ4v) is 7.31. The molecule has 1 aliphatic heterocycles. The van der Waals surface area contributed by atoms with E-state index in [0.717, 1.165) is 18.3 Å². The highest BCUT2D eigenvalue weighted by Crippen LogP contribution is 2.49. The highest BCUT2D eigenvalue weighted by atomic mass is 32.2. The summed E-state index contributed by atoms with van der Waals surface area (Å²) in [5, 5.41) is 7.29. The van der Waals surface area contributed by atoms with E-state index in [0.29, 0.717) is 24.6 Å². The second kappa shape index (κ2) is 7.44. The number of rotatable bonds is 5. The number of carbonyl (C=O) groups is 1. The highest BCUT2D eigenvalue weighted by Gasteiger charge is 2.43. The minimum atomic E-state index is -3.62. The Kier molecular flexibility index (Phi) is 5.29. The molecule has 1 amide bonds. The van der Waals surface area contributed by atoms with Crippen LogP contribution < -0.4 is 5.32 Å². The highest BCUT2D eigenvalue weighted by molar-refractivity contribution is 7.89. The summed E-state index contributed by atoms with van der Waals surface area (Å²) in [4.78, 5) is 13.1. The van der Waals surface area contributed by atoms with Gasteiger partial charge in [-0.15, -0.1) is 0 Å². The Morgan fingerprint density at radius 3 is 2.68 bits per heavy atom. The zero-order chi connectivity index (χ0) is 20.1. The largest absolute Gasteiger partial charge is 0.353 e. The summed E-state index contributed by atoms with van der Waals surface area (Å²) in [6, 6.07) is 0.176. The van der Waals surface area contributed by atoms with Gasteiger partial charge < -0.3 is 5.32 Å². The zero-order valence-electron chi connectivity index (χ0n) is 17.1. The van der Waals surface area contributed by atoms with E-state index >= 15 is 0 Å². The molecule has 2 heterocycles. The third-order valence-electron chi connectivity index (χ3n) is 7.37. The number of piperidine rings is 1. The van der Waals surface area contributed by atoms with Gasteiger partial charge in [0.05, 0.1) is 17.8 Å². The van der Waals surface area contributed by atoms with Crippen molar-refractivity contribution < 1.29 is 13.2 Å². The van der Waals surface area contributed by atoms with Crippen LogP contribution in [0.4, 0.5) is 0 Å². The van der Waals surface area contributed by atoms with E-state index in [9.17, 15) is 13.2 Å². The summed E-state index contributed by atoms with van der Waals surface area (Å²) < 4.78 is 29.1. The summed E-state index contributed by atoms with van der Waals surface area (Å²) in [7, 11) is -1.89. The molecule has 8 heteroatoms. The second-order valence-electron chi connectivity index (χ2n) is 9.06. The molecule has 5 atom stereocenters. The van der Waals surface area contributed by atoms with E-state index in [2.05, 4.69) is 17.3 Å². The van der Waals surface area contributed by atoms with Crippen molar-refractivity contribution in [3.63, 3.8) is 0 Å². The lowest BCUT2D eigenvalue weighted by Gasteiger charge is -2.33. The van der Waals surface area contributed by atoms with Crippen molar-refractivity contribution >= 4 is 15.9 Å². The smallest absolute Gasteiger partial charge is 0.246 e. The van der Waals surface area contributed by atoms with E-state index in [1.54, 1.807) is 18.7 Å². The topological polar surface area (TPSA) is 84.3 Å². The Morgan fingerprint density at radius 2 is 2.07 bits per heavy atom. The van der Waals surface area contributed by atoms with Crippen LogP contribution >= 0.6 is 0 Å². The summed E-state index contributed by atoms with van der Waals surface area (Å²) in [6.07, 6.45) is 8.07. The van der Waals surface area contributed by atoms with Crippen molar-refractivity contribution in [3.8, 4) is 0 Å². The predicted octanol–water partition coefficient (Wildman–Crippen LogP) is 2.07. The maximum Gasteiger partial charge on any atom is 0.246 e. The first-order valence-corrected chi connectivity index (χ1v) is 12.0. The number of nitrogens with one attached hydrogen (secondary N) is 1. The number of nitrogens with zero attached hydrogens (tertiary/aromatic N) is 3. The van der Waals surface area contributed by atoms with Crippen molar-refractivity contribution in [1.82, 2.24) is 19.4 Å². The quantitative estimate of drug-likeness (QED) is 0.808. The molecular weight excluding hydrogens is 376 g/mol. The molecule has 1 aromatic heterocycles. The van der Waals surface area contributed by atoms with Gasteiger partial charge in [0.25, 0.3) is 0 Å². The molecule has 7 nitrogen and oxygen atoms in total. The molecule has 28 heavy (non-hydrogen) atoms. The van der Waals surface area contributed by atoms with Crippen molar-refractivity contribution in [1.29, 1.82) is 0 Å². The van der Waals surface area contributed by atoms with Crippen LogP contribution in [0, 0.1) is 30.6 Å². The SMILES string of the molecule is Cc1c(S(=O)(=O)N2CCC[C@H](C(=O)N[C@@H](C)[C@H]3C[C@H]4CC[C@H]3C4)C2)cnn1C.